The summed E-state index contributed by atoms with van der Waals surface area (Å²) in [6, 6.07) is 0.759. The molecule has 0 aromatic carbocycles. The van der Waals surface area contributed by atoms with E-state index in [2.05, 4.69) is 4.98 Å². The molecule has 1 rings (SSSR count). The number of hydrogen-bond donors (Lipinski definition) is 2. The fourth-order valence-corrected chi connectivity index (χ4v) is 1.49. The van der Waals surface area contributed by atoms with E-state index in [0.29, 0.717) is 6.20 Å². The quantitative estimate of drug-likeness (QED) is 0.824. The highest BCUT2D eigenvalue weighted by Crippen LogP contribution is 2.30. The molecule has 1 aromatic heterocycles. The van der Waals surface area contributed by atoms with Gasteiger partial charge in [-0.1, -0.05) is 0 Å². The number of aliphatic hydroxyl groups is 2. The molecule has 1 aromatic rings. The minimum absolute atomic E-state index is 0.0823. The molecule has 3 nitrogen and oxygen atoms in total. The Morgan fingerprint density at radius 1 is 1.29 bits per heavy atom. The summed E-state index contributed by atoms with van der Waals surface area (Å²) in [6.07, 6.45) is -5.35. The number of rotatable bonds is 4. The van der Waals surface area contributed by atoms with Gasteiger partial charge in [-0.2, -0.15) is 13.2 Å². The van der Waals surface area contributed by atoms with Crippen LogP contribution in [0.5, 0.6) is 0 Å². The van der Waals surface area contributed by atoms with E-state index in [1.54, 1.807) is 0 Å². The summed E-state index contributed by atoms with van der Waals surface area (Å²) in [5.74, 6) is 0.102. The van der Waals surface area contributed by atoms with Crippen LogP contribution in [0.15, 0.2) is 18.5 Å². The molecule has 0 aliphatic heterocycles. The Kier molecular flexibility index (Phi) is 4.73. The molecule has 17 heavy (non-hydrogen) atoms. The summed E-state index contributed by atoms with van der Waals surface area (Å²) < 4.78 is 37.1. The van der Waals surface area contributed by atoms with Crippen LogP contribution in [0.1, 0.15) is 23.7 Å². The van der Waals surface area contributed by atoms with E-state index in [4.69, 9.17) is 11.6 Å². The molecule has 0 bridgehead atoms. The summed E-state index contributed by atoms with van der Waals surface area (Å²) in [5.41, 5.74) is -1.05. The largest absolute Gasteiger partial charge is 0.417 e. The van der Waals surface area contributed by atoms with Crippen molar-refractivity contribution >= 4 is 11.6 Å². The summed E-state index contributed by atoms with van der Waals surface area (Å²) in [4.78, 5) is 3.39. The van der Waals surface area contributed by atoms with Gasteiger partial charge in [-0.15, -0.1) is 11.6 Å². The zero-order valence-corrected chi connectivity index (χ0v) is 9.41. The summed E-state index contributed by atoms with van der Waals surface area (Å²) >= 11 is 5.37. The molecule has 1 heterocycles. The second-order valence-corrected chi connectivity index (χ2v) is 3.87. The molecule has 0 aliphatic rings. The molecule has 0 amide bonds. The van der Waals surface area contributed by atoms with E-state index >= 15 is 0 Å². The maximum atomic E-state index is 12.4. The first-order valence-corrected chi connectivity index (χ1v) is 5.34. The normalized spacial score (nSPS) is 15.6. The summed E-state index contributed by atoms with van der Waals surface area (Å²) in [5, 5.41) is 19.0. The maximum absolute atomic E-state index is 12.4. The van der Waals surface area contributed by atoms with Crippen LogP contribution in [0, 0.1) is 0 Å². The minimum atomic E-state index is -4.53. The van der Waals surface area contributed by atoms with Gasteiger partial charge in [0.15, 0.2) is 0 Å². The molecular weight excluding hydrogens is 259 g/mol. The Hall–Kier alpha value is -0.850. The number of aromatic nitrogens is 1. The average Bonchev–Trinajstić information content (AvgIpc) is 2.27. The maximum Gasteiger partial charge on any atom is 0.417 e. The van der Waals surface area contributed by atoms with Crippen molar-refractivity contribution in [1.29, 1.82) is 0 Å². The molecule has 2 N–H and O–H groups in total. The molecule has 0 spiro atoms. The lowest BCUT2D eigenvalue weighted by atomic mass is 10.0. The SMILES string of the molecule is OC(CCCl)C(O)c1cncc(C(F)(F)F)c1. The Balaban J connectivity index is 2.92. The molecule has 2 atom stereocenters. The molecule has 2 unspecified atom stereocenters. The monoisotopic (exact) mass is 269 g/mol. The van der Waals surface area contributed by atoms with Crippen LogP contribution >= 0.6 is 11.6 Å². The molecule has 0 radical (unpaired) electrons. The van der Waals surface area contributed by atoms with Gasteiger partial charge in [0.2, 0.25) is 0 Å². The third kappa shape index (κ3) is 3.83. The highest BCUT2D eigenvalue weighted by Gasteiger charge is 2.32. The van der Waals surface area contributed by atoms with Gasteiger partial charge in [0.25, 0.3) is 0 Å². The second kappa shape index (κ2) is 5.66. The van der Waals surface area contributed by atoms with Crippen molar-refractivity contribution in [2.75, 3.05) is 5.88 Å². The lowest BCUT2D eigenvalue weighted by Gasteiger charge is -2.17. The molecule has 0 saturated heterocycles. The van der Waals surface area contributed by atoms with Crippen LogP contribution in [-0.4, -0.2) is 27.2 Å². The molecule has 96 valence electrons. The number of pyridine rings is 1. The van der Waals surface area contributed by atoms with Gasteiger partial charge in [0.1, 0.15) is 6.10 Å². The highest BCUT2D eigenvalue weighted by atomic mass is 35.5. The van der Waals surface area contributed by atoms with E-state index in [0.717, 1.165) is 12.3 Å². The lowest BCUT2D eigenvalue weighted by molar-refractivity contribution is -0.138. The third-order valence-electron chi connectivity index (χ3n) is 2.20. The third-order valence-corrected chi connectivity index (χ3v) is 2.42. The van der Waals surface area contributed by atoms with Crippen LogP contribution in [0.4, 0.5) is 13.2 Å². The zero-order valence-electron chi connectivity index (χ0n) is 8.65. The Morgan fingerprint density at radius 2 is 1.94 bits per heavy atom. The van der Waals surface area contributed by atoms with Gasteiger partial charge in [-0.25, -0.2) is 0 Å². The fraction of sp³-hybridized carbons (Fsp3) is 0.500. The Bertz CT molecular complexity index is 373. The van der Waals surface area contributed by atoms with Crippen LogP contribution in [0.2, 0.25) is 0 Å². The average molecular weight is 270 g/mol. The molecule has 0 aliphatic carbocycles. The van der Waals surface area contributed by atoms with Crippen LogP contribution in [-0.2, 0) is 6.18 Å². The molecule has 0 saturated carbocycles. The first-order valence-electron chi connectivity index (χ1n) is 4.80. The summed E-state index contributed by atoms with van der Waals surface area (Å²) in [7, 11) is 0. The van der Waals surface area contributed by atoms with Gasteiger partial charge in [0, 0.05) is 23.8 Å². The van der Waals surface area contributed by atoms with Gasteiger partial charge >= 0.3 is 6.18 Å². The zero-order chi connectivity index (χ0) is 13.1. The number of aliphatic hydroxyl groups excluding tert-OH is 2. The van der Waals surface area contributed by atoms with Crippen LogP contribution < -0.4 is 0 Å². The van der Waals surface area contributed by atoms with E-state index in [9.17, 15) is 23.4 Å². The first kappa shape index (κ1) is 14.2. The Labute approximate surface area is 101 Å². The Morgan fingerprint density at radius 3 is 2.47 bits per heavy atom. The molecule has 7 heteroatoms. The summed E-state index contributed by atoms with van der Waals surface area (Å²) in [6.45, 7) is 0. The fourth-order valence-electron chi connectivity index (χ4n) is 1.27. The van der Waals surface area contributed by atoms with Gasteiger partial charge in [0.05, 0.1) is 11.7 Å². The predicted molar refractivity (Wildman–Crippen MR) is 55.5 cm³/mol. The van der Waals surface area contributed by atoms with Crippen molar-refractivity contribution in [2.24, 2.45) is 0 Å². The number of alkyl halides is 4. The standard InChI is InChI=1S/C10H11ClF3NO2/c11-2-1-8(16)9(17)6-3-7(5-15-4-6)10(12,13)14/h3-5,8-9,16-17H,1-2H2. The molecule has 0 fully saturated rings. The van der Waals surface area contributed by atoms with Crippen molar-refractivity contribution in [3.8, 4) is 0 Å². The van der Waals surface area contributed by atoms with Crippen LogP contribution in [0.25, 0.3) is 0 Å². The van der Waals surface area contributed by atoms with Crippen molar-refractivity contribution in [1.82, 2.24) is 4.98 Å². The van der Waals surface area contributed by atoms with Gasteiger partial charge < -0.3 is 10.2 Å². The van der Waals surface area contributed by atoms with E-state index in [-0.39, 0.29) is 17.9 Å². The van der Waals surface area contributed by atoms with Crippen molar-refractivity contribution in [2.45, 2.75) is 24.8 Å². The number of nitrogens with zero attached hydrogens (tertiary/aromatic N) is 1. The number of hydrogen-bond acceptors (Lipinski definition) is 3. The predicted octanol–water partition coefficient (Wildman–Crippen LogP) is 2.12. The smallest absolute Gasteiger partial charge is 0.390 e. The van der Waals surface area contributed by atoms with Gasteiger partial charge in [-0.05, 0) is 12.5 Å². The van der Waals surface area contributed by atoms with Crippen molar-refractivity contribution in [3.05, 3.63) is 29.6 Å². The lowest BCUT2D eigenvalue weighted by Crippen LogP contribution is -2.19. The topological polar surface area (TPSA) is 53.4 Å². The van der Waals surface area contributed by atoms with E-state index < -0.39 is 23.9 Å². The van der Waals surface area contributed by atoms with Crippen LogP contribution in [0.3, 0.4) is 0 Å². The minimum Gasteiger partial charge on any atom is -0.390 e. The van der Waals surface area contributed by atoms with Gasteiger partial charge in [-0.3, -0.25) is 4.98 Å². The molecular formula is C10H11ClF3NO2. The highest BCUT2D eigenvalue weighted by molar-refractivity contribution is 6.17. The number of halogens is 4. The van der Waals surface area contributed by atoms with E-state index in [1.165, 1.54) is 0 Å². The van der Waals surface area contributed by atoms with Crippen molar-refractivity contribution < 1.29 is 23.4 Å². The van der Waals surface area contributed by atoms with Crippen molar-refractivity contribution in [3.63, 3.8) is 0 Å². The van der Waals surface area contributed by atoms with E-state index in [1.807, 2.05) is 0 Å². The first-order chi connectivity index (χ1) is 7.86. The second-order valence-electron chi connectivity index (χ2n) is 3.49.